The summed E-state index contributed by atoms with van der Waals surface area (Å²) in [5, 5.41) is 0. The maximum atomic E-state index is 14.6. The summed E-state index contributed by atoms with van der Waals surface area (Å²) in [4.78, 5) is 39.5. The largest absolute Gasteiger partial charge is 0.444 e. The molecule has 4 rings (SSSR count). The highest BCUT2D eigenvalue weighted by atomic mass is 19.3. The quantitative estimate of drug-likeness (QED) is 0.476. The number of rotatable bonds is 6. The van der Waals surface area contributed by atoms with E-state index in [0.717, 1.165) is 0 Å². The number of amides is 2. The smallest absolute Gasteiger partial charge is 0.410 e. The molecular weight excluding hydrogens is 544 g/mol. The van der Waals surface area contributed by atoms with Crippen LogP contribution in [-0.4, -0.2) is 107 Å². The van der Waals surface area contributed by atoms with Gasteiger partial charge in [0.2, 0.25) is 5.91 Å². The Hall–Kier alpha value is -2.37. The summed E-state index contributed by atoms with van der Waals surface area (Å²) in [6, 6.07) is 1.51. The number of nitrogens with zero attached hydrogens (tertiary/aromatic N) is 5. The van der Waals surface area contributed by atoms with E-state index in [1.54, 1.807) is 9.80 Å². The Balaban J connectivity index is 1.60. The fourth-order valence-electron chi connectivity index (χ4n) is 6.31. The first-order chi connectivity index (χ1) is 19.4. The van der Waals surface area contributed by atoms with Gasteiger partial charge in [-0.05, 0) is 47.6 Å². The Kier molecular flexibility index (Phi) is 9.27. The van der Waals surface area contributed by atoms with E-state index in [1.807, 2.05) is 41.5 Å². The van der Waals surface area contributed by atoms with Crippen LogP contribution in [0.1, 0.15) is 80.0 Å². The van der Waals surface area contributed by atoms with Crippen LogP contribution in [0.5, 0.6) is 0 Å². The number of pyridine rings is 1. The fourth-order valence-corrected chi connectivity index (χ4v) is 6.31. The number of piperazine rings is 1. The molecule has 0 spiro atoms. The third kappa shape index (κ3) is 6.89. The molecule has 4 atom stereocenters. The maximum Gasteiger partial charge on any atom is 0.410 e. The second-order valence-corrected chi connectivity index (χ2v) is 14.0. The molecule has 4 heterocycles. The molecule has 0 radical (unpaired) electrons. The second kappa shape index (κ2) is 12.0. The molecule has 1 aromatic rings. The molecule has 0 aliphatic carbocycles. The zero-order valence-corrected chi connectivity index (χ0v) is 26.7. The number of alkyl halides is 2. The molecule has 2 fully saturated rings. The first-order valence-electron chi connectivity index (χ1n) is 15.2. The molecule has 0 N–H and O–H groups in total. The monoisotopic (exact) mass is 593 g/mol. The lowest BCUT2D eigenvalue weighted by molar-refractivity contribution is -0.122. The highest BCUT2D eigenvalue weighted by Gasteiger charge is 2.44. The fraction of sp³-hybridized carbons (Fsp3) is 0.774. The number of aromatic nitrogens is 1. The average Bonchev–Trinajstić information content (AvgIpc) is 3.16. The molecule has 3 aliphatic rings. The van der Waals surface area contributed by atoms with Gasteiger partial charge < -0.3 is 19.3 Å². The highest BCUT2D eigenvalue weighted by Crippen LogP contribution is 2.42. The Labute approximate surface area is 249 Å². The third-order valence-corrected chi connectivity index (χ3v) is 8.71. The van der Waals surface area contributed by atoms with Crippen LogP contribution in [-0.2, 0) is 25.6 Å². The van der Waals surface area contributed by atoms with Gasteiger partial charge >= 0.3 is 6.09 Å². The van der Waals surface area contributed by atoms with Gasteiger partial charge in [0.15, 0.2) is 0 Å². The Morgan fingerprint density at radius 2 is 1.74 bits per heavy atom. The van der Waals surface area contributed by atoms with E-state index in [-0.39, 0.29) is 54.7 Å². The van der Waals surface area contributed by atoms with Gasteiger partial charge in [0.05, 0.1) is 31.1 Å². The van der Waals surface area contributed by atoms with E-state index in [4.69, 9.17) is 9.47 Å². The lowest BCUT2D eigenvalue weighted by Gasteiger charge is -2.48. The van der Waals surface area contributed by atoms with Crippen LogP contribution in [0.4, 0.5) is 19.3 Å². The van der Waals surface area contributed by atoms with Gasteiger partial charge in [0.25, 0.3) is 5.92 Å². The lowest BCUT2D eigenvalue weighted by atomic mass is 9.91. The third-order valence-electron chi connectivity index (χ3n) is 8.71. The van der Waals surface area contributed by atoms with Gasteiger partial charge in [-0.3, -0.25) is 19.6 Å². The number of carbonyl (C=O) groups excluding carboxylic acids is 2. The molecule has 0 unspecified atom stereocenters. The van der Waals surface area contributed by atoms with Gasteiger partial charge in [-0.1, -0.05) is 20.8 Å². The predicted molar refractivity (Wildman–Crippen MR) is 158 cm³/mol. The minimum atomic E-state index is -3.02. The van der Waals surface area contributed by atoms with Crippen molar-refractivity contribution in [2.45, 2.75) is 110 Å². The van der Waals surface area contributed by atoms with Crippen LogP contribution in [0, 0.1) is 0 Å². The van der Waals surface area contributed by atoms with Crippen molar-refractivity contribution in [1.82, 2.24) is 19.7 Å². The van der Waals surface area contributed by atoms with Crippen molar-refractivity contribution in [2.75, 3.05) is 50.8 Å². The van der Waals surface area contributed by atoms with Crippen LogP contribution in [0.2, 0.25) is 0 Å². The van der Waals surface area contributed by atoms with E-state index in [2.05, 4.69) is 28.6 Å². The molecule has 236 valence electrons. The van der Waals surface area contributed by atoms with Crippen molar-refractivity contribution in [1.29, 1.82) is 0 Å². The summed E-state index contributed by atoms with van der Waals surface area (Å²) in [7, 11) is 0. The lowest BCUT2D eigenvalue weighted by Crippen LogP contribution is -2.65. The van der Waals surface area contributed by atoms with E-state index in [0.29, 0.717) is 50.8 Å². The molecule has 42 heavy (non-hydrogen) atoms. The van der Waals surface area contributed by atoms with Crippen molar-refractivity contribution in [2.24, 2.45) is 0 Å². The first-order valence-corrected chi connectivity index (χ1v) is 15.2. The van der Waals surface area contributed by atoms with E-state index in [1.165, 1.54) is 19.2 Å². The predicted octanol–water partition coefficient (Wildman–Crippen LogP) is 4.63. The SMILES string of the molecule is CCC(F)(F)c1cnc2c(c1)N(C(=O)CN1C[C@@H](C)N(C(=O)OC(C)(C)C)C[C@@H]1CN1[C@H](C)COC[C@H]1C)CC2(C)C. The van der Waals surface area contributed by atoms with E-state index in [9.17, 15) is 18.4 Å². The Morgan fingerprint density at radius 1 is 1.10 bits per heavy atom. The minimum Gasteiger partial charge on any atom is -0.444 e. The highest BCUT2D eigenvalue weighted by molar-refractivity contribution is 5.97. The van der Waals surface area contributed by atoms with E-state index >= 15 is 0 Å². The molecule has 0 saturated carbocycles. The Morgan fingerprint density at radius 3 is 2.33 bits per heavy atom. The summed E-state index contributed by atoms with van der Waals surface area (Å²) in [6.45, 7) is 20.5. The van der Waals surface area contributed by atoms with Crippen molar-refractivity contribution in [3.63, 3.8) is 0 Å². The normalized spacial score (nSPS) is 27.2. The van der Waals surface area contributed by atoms with Crippen molar-refractivity contribution in [3.8, 4) is 0 Å². The number of halogens is 2. The number of hydrogen-bond acceptors (Lipinski definition) is 7. The average molecular weight is 594 g/mol. The minimum absolute atomic E-state index is 0.105. The Bertz CT molecular complexity index is 1150. The van der Waals surface area contributed by atoms with E-state index < -0.39 is 16.9 Å². The zero-order valence-electron chi connectivity index (χ0n) is 26.7. The van der Waals surface area contributed by atoms with Gasteiger partial charge in [-0.2, -0.15) is 0 Å². The van der Waals surface area contributed by atoms with Crippen molar-refractivity contribution >= 4 is 17.7 Å². The topological polar surface area (TPSA) is 78.5 Å². The van der Waals surface area contributed by atoms with Crippen LogP contribution in [0.3, 0.4) is 0 Å². The van der Waals surface area contributed by atoms with Crippen LogP contribution < -0.4 is 4.90 Å². The van der Waals surface area contributed by atoms with Gasteiger partial charge in [0.1, 0.15) is 5.60 Å². The number of ether oxygens (including phenoxy) is 2. The standard InChI is InChI=1S/C31H49F2N5O4/c1-10-31(32,33)23-11-25-27(34-12-23)30(8,9)19-38(25)26(39)16-35-13-20(2)37(28(40)42-29(5,6)7)15-24(35)14-36-21(3)17-41-18-22(36)4/h11-12,20-22,24H,10,13-19H2,1-9H3/t20-,21-,22-,24+/m1/s1. The molecule has 9 nitrogen and oxygen atoms in total. The number of morpholine rings is 1. The van der Waals surface area contributed by atoms with Crippen LogP contribution in [0.15, 0.2) is 12.3 Å². The zero-order chi connectivity index (χ0) is 31.2. The van der Waals surface area contributed by atoms with Gasteiger partial charge in [0, 0.05) is 73.9 Å². The summed E-state index contributed by atoms with van der Waals surface area (Å²) in [5.74, 6) is -3.18. The van der Waals surface area contributed by atoms with Crippen molar-refractivity contribution < 1.29 is 27.8 Å². The summed E-state index contributed by atoms with van der Waals surface area (Å²) in [5.41, 5.74) is -0.146. The molecule has 2 saturated heterocycles. The van der Waals surface area contributed by atoms with Gasteiger partial charge in [-0.15, -0.1) is 0 Å². The molecule has 3 aliphatic heterocycles. The molecule has 11 heteroatoms. The molecule has 0 aromatic carbocycles. The number of hydrogen-bond donors (Lipinski definition) is 0. The number of fused-ring (bicyclic) bond motifs is 1. The number of anilines is 1. The summed E-state index contributed by atoms with van der Waals surface area (Å²) in [6.07, 6.45) is 0.542. The molecule has 1 aromatic heterocycles. The first kappa shape index (κ1) is 32.5. The summed E-state index contributed by atoms with van der Waals surface area (Å²) >= 11 is 0. The molecular formula is C31H49F2N5O4. The van der Waals surface area contributed by atoms with Crippen LogP contribution in [0.25, 0.3) is 0 Å². The molecule has 2 amide bonds. The summed E-state index contributed by atoms with van der Waals surface area (Å²) < 4.78 is 40.7. The second-order valence-electron chi connectivity index (χ2n) is 14.0. The van der Waals surface area contributed by atoms with Crippen LogP contribution >= 0.6 is 0 Å². The van der Waals surface area contributed by atoms with Gasteiger partial charge in [-0.25, -0.2) is 13.6 Å². The van der Waals surface area contributed by atoms with Crippen molar-refractivity contribution in [3.05, 3.63) is 23.5 Å². The number of carbonyl (C=O) groups is 2. The molecule has 0 bridgehead atoms. The maximum absolute atomic E-state index is 14.6.